The van der Waals surface area contributed by atoms with Crippen LogP contribution >= 0.6 is 0 Å². The summed E-state index contributed by atoms with van der Waals surface area (Å²) in [5, 5.41) is 12.6. The molecule has 21 heavy (non-hydrogen) atoms. The summed E-state index contributed by atoms with van der Waals surface area (Å²) < 4.78 is 0. The Labute approximate surface area is 125 Å². The molecule has 0 aromatic heterocycles. The van der Waals surface area contributed by atoms with Crippen molar-refractivity contribution in [2.24, 2.45) is 5.92 Å². The fourth-order valence-electron chi connectivity index (χ4n) is 3.50. The van der Waals surface area contributed by atoms with Gasteiger partial charge in [-0.2, -0.15) is 5.26 Å². The number of piperidine rings is 1. The van der Waals surface area contributed by atoms with E-state index in [1.165, 1.54) is 6.42 Å². The number of hydrogen-bond acceptors (Lipinski definition) is 3. The minimum absolute atomic E-state index is 0.0982. The normalized spacial score (nSPS) is 29.1. The van der Waals surface area contributed by atoms with Crippen LogP contribution in [0.5, 0.6) is 0 Å². The van der Waals surface area contributed by atoms with Gasteiger partial charge >= 0.3 is 0 Å². The van der Waals surface area contributed by atoms with Gasteiger partial charge in [0.2, 0.25) is 5.91 Å². The van der Waals surface area contributed by atoms with Crippen LogP contribution in [-0.2, 0) is 10.3 Å². The number of amides is 1. The molecule has 2 aliphatic rings. The molecule has 2 heterocycles. The molecule has 110 valence electrons. The van der Waals surface area contributed by atoms with Crippen molar-refractivity contribution in [2.45, 2.75) is 31.2 Å². The average Bonchev–Trinajstić information content (AvgIpc) is 3.01. The Morgan fingerprint density at radius 1 is 1.24 bits per heavy atom. The van der Waals surface area contributed by atoms with E-state index in [4.69, 9.17) is 0 Å². The highest BCUT2D eigenvalue weighted by Gasteiger charge is 2.48. The molecule has 2 fully saturated rings. The lowest BCUT2D eigenvalue weighted by atomic mass is 9.84. The average molecular weight is 283 g/mol. The molecule has 1 aromatic carbocycles. The van der Waals surface area contributed by atoms with Gasteiger partial charge in [-0.3, -0.25) is 10.1 Å². The summed E-state index contributed by atoms with van der Waals surface area (Å²) in [5.74, 6) is 0.0464. The van der Waals surface area contributed by atoms with E-state index in [0.717, 1.165) is 31.5 Å². The monoisotopic (exact) mass is 283 g/mol. The molecule has 4 nitrogen and oxygen atoms in total. The molecule has 1 aromatic rings. The van der Waals surface area contributed by atoms with Gasteiger partial charge in [0.1, 0.15) is 5.54 Å². The first-order chi connectivity index (χ1) is 10.3. The molecular weight excluding hydrogens is 262 g/mol. The van der Waals surface area contributed by atoms with E-state index >= 15 is 0 Å². The Hall–Kier alpha value is -1.86. The van der Waals surface area contributed by atoms with E-state index in [1.807, 2.05) is 35.2 Å². The molecule has 0 spiro atoms. The summed E-state index contributed by atoms with van der Waals surface area (Å²) in [6, 6.07) is 12.2. The number of benzene rings is 1. The van der Waals surface area contributed by atoms with Crippen LogP contribution in [0.4, 0.5) is 0 Å². The summed E-state index contributed by atoms with van der Waals surface area (Å²) in [6.07, 6.45) is 3.94. The van der Waals surface area contributed by atoms with Crippen LogP contribution in [0.25, 0.3) is 0 Å². The molecule has 3 rings (SSSR count). The van der Waals surface area contributed by atoms with Crippen LogP contribution in [0.15, 0.2) is 30.3 Å². The number of hydrogen-bond donors (Lipinski definition) is 1. The lowest BCUT2D eigenvalue weighted by molar-refractivity contribution is -0.139. The number of nitrogens with one attached hydrogen (secondary N) is 1. The van der Waals surface area contributed by atoms with Crippen LogP contribution in [0, 0.1) is 17.2 Å². The van der Waals surface area contributed by atoms with Gasteiger partial charge in [0.25, 0.3) is 0 Å². The van der Waals surface area contributed by atoms with Gasteiger partial charge in [-0.15, -0.1) is 0 Å². The molecule has 0 aliphatic carbocycles. The molecule has 0 saturated carbocycles. The second-order valence-electron chi connectivity index (χ2n) is 6.04. The van der Waals surface area contributed by atoms with Gasteiger partial charge in [-0.05, 0) is 31.2 Å². The highest BCUT2D eigenvalue weighted by Crippen LogP contribution is 2.36. The van der Waals surface area contributed by atoms with Crippen molar-refractivity contribution >= 4 is 5.91 Å². The van der Waals surface area contributed by atoms with Crippen molar-refractivity contribution in [1.29, 1.82) is 5.26 Å². The van der Waals surface area contributed by atoms with Gasteiger partial charge in [0.05, 0.1) is 12.0 Å². The van der Waals surface area contributed by atoms with Crippen LogP contribution in [0.1, 0.15) is 31.2 Å². The van der Waals surface area contributed by atoms with Crippen molar-refractivity contribution in [1.82, 2.24) is 10.2 Å². The zero-order chi connectivity index (χ0) is 14.7. The minimum Gasteiger partial charge on any atom is -0.341 e. The van der Waals surface area contributed by atoms with E-state index < -0.39 is 5.54 Å². The molecule has 0 radical (unpaired) electrons. The first kappa shape index (κ1) is 14.1. The molecular formula is C17H21N3O. The largest absolute Gasteiger partial charge is 0.341 e. The predicted octanol–water partition coefficient (Wildman–Crippen LogP) is 2.03. The second-order valence-corrected chi connectivity index (χ2v) is 6.04. The quantitative estimate of drug-likeness (QED) is 0.903. The van der Waals surface area contributed by atoms with Crippen molar-refractivity contribution < 1.29 is 4.79 Å². The minimum atomic E-state index is -0.709. The van der Waals surface area contributed by atoms with Crippen LogP contribution < -0.4 is 5.32 Å². The van der Waals surface area contributed by atoms with E-state index in [9.17, 15) is 10.1 Å². The van der Waals surface area contributed by atoms with E-state index in [2.05, 4.69) is 11.4 Å². The molecule has 4 heteroatoms. The maximum atomic E-state index is 13.1. The fourth-order valence-corrected chi connectivity index (χ4v) is 3.50. The molecule has 2 saturated heterocycles. The highest BCUT2D eigenvalue weighted by molar-refractivity contribution is 5.88. The Morgan fingerprint density at radius 3 is 2.57 bits per heavy atom. The Morgan fingerprint density at radius 2 is 1.95 bits per heavy atom. The predicted molar refractivity (Wildman–Crippen MR) is 80.3 cm³/mol. The number of likely N-dealkylation sites (tertiary alicyclic amines) is 1. The third kappa shape index (κ3) is 2.54. The van der Waals surface area contributed by atoms with Crippen molar-refractivity contribution in [3.8, 4) is 6.07 Å². The molecule has 1 amide bonds. The van der Waals surface area contributed by atoms with Crippen molar-refractivity contribution in [3.05, 3.63) is 35.9 Å². The number of nitrogens with zero attached hydrogens (tertiary/aromatic N) is 2. The van der Waals surface area contributed by atoms with Crippen LogP contribution in [0.2, 0.25) is 0 Å². The Bertz CT molecular complexity index is 545. The molecule has 2 aliphatic heterocycles. The smallest absolute Gasteiger partial charge is 0.247 e. The first-order valence-corrected chi connectivity index (χ1v) is 7.76. The summed E-state index contributed by atoms with van der Waals surface area (Å²) >= 11 is 0. The van der Waals surface area contributed by atoms with Gasteiger partial charge < -0.3 is 4.90 Å². The summed E-state index contributed by atoms with van der Waals surface area (Å²) in [6.45, 7) is 2.27. The summed E-state index contributed by atoms with van der Waals surface area (Å²) in [5.41, 5.74) is 0.275. The third-order valence-corrected chi connectivity index (χ3v) is 4.66. The lowest BCUT2D eigenvalue weighted by Crippen LogP contribution is -2.53. The van der Waals surface area contributed by atoms with Gasteiger partial charge in [0, 0.05) is 19.6 Å². The van der Waals surface area contributed by atoms with E-state index in [-0.39, 0.29) is 11.8 Å². The summed E-state index contributed by atoms with van der Waals surface area (Å²) in [7, 11) is 0. The third-order valence-electron chi connectivity index (χ3n) is 4.66. The SMILES string of the molecule is N#C[C@H]1CN[C@](C(=O)N2CCCCC2)(c2ccccc2)C1. The zero-order valence-corrected chi connectivity index (χ0v) is 12.2. The zero-order valence-electron chi connectivity index (χ0n) is 12.2. The van der Waals surface area contributed by atoms with Gasteiger partial charge in [-0.25, -0.2) is 0 Å². The lowest BCUT2D eigenvalue weighted by Gasteiger charge is -2.37. The Kier molecular flexibility index (Phi) is 3.94. The van der Waals surface area contributed by atoms with Crippen molar-refractivity contribution in [3.63, 3.8) is 0 Å². The number of carbonyl (C=O) groups excluding carboxylic acids is 1. The molecule has 0 unspecified atom stereocenters. The standard InChI is InChI=1S/C17H21N3O/c18-12-14-11-17(19-13-14,15-7-3-1-4-8-15)16(21)20-9-5-2-6-10-20/h1,3-4,7-8,14,19H,2,5-6,9-11,13H2/t14-,17-/m0/s1. The van der Waals surface area contributed by atoms with E-state index in [0.29, 0.717) is 13.0 Å². The van der Waals surface area contributed by atoms with Gasteiger partial charge in [-0.1, -0.05) is 30.3 Å². The second kappa shape index (κ2) is 5.87. The molecule has 2 atom stereocenters. The van der Waals surface area contributed by atoms with Crippen LogP contribution in [0.3, 0.4) is 0 Å². The maximum absolute atomic E-state index is 13.1. The fraction of sp³-hybridized carbons (Fsp3) is 0.529. The van der Waals surface area contributed by atoms with Crippen LogP contribution in [-0.4, -0.2) is 30.4 Å². The first-order valence-electron chi connectivity index (χ1n) is 7.76. The van der Waals surface area contributed by atoms with E-state index in [1.54, 1.807) is 0 Å². The summed E-state index contributed by atoms with van der Waals surface area (Å²) in [4.78, 5) is 15.1. The highest BCUT2D eigenvalue weighted by atomic mass is 16.2. The maximum Gasteiger partial charge on any atom is 0.247 e. The number of rotatable bonds is 2. The number of nitriles is 1. The molecule has 0 bridgehead atoms. The topological polar surface area (TPSA) is 56.1 Å². The Balaban J connectivity index is 1.93. The number of carbonyl (C=O) groups is 1. The molecule has 1 N–H and O–H groups in total. The van der Waals surface area contributed by atoms with Crippen molar-refractivity contribution in [2.75, 3.05) is 19.6 Å². The van der Waals surface area contributed by atoms with Gasteiger partial charge in [0.15, 0.2) is 0 Å².